The lowest BCUT2D eigenvalue weighted by molar-refractivity contribution is -0.113. The van der Waals surface area contributed by atoms with Crippen LogP contribution in [0.1, 0.15) is 41.3 Å². The van der Waals surface area contributed by atoms with Crippen LogP contribution >= 0.6 is 23.1 Å². The van der Waals surface area contributed by atoms with Gasteiger partial charge in [-0.05, 0) is 68.0 Å². The summed E-state index contributed by atoms with van der Waals surface area (Å²) in [5.41, 5.74) is 6.12. The average Bonchev–Trinajstić information content (AvgIpc) is 3.40. The van der Waals surface area contributed by atoms with Crippen LogP contribution in [0.3, 0.4) is 0 Å². The van der Waals surface area contributed by atoms with Crippen LogP contribution in [0, 0.1) is 11.3 Å². The van der Waals surface area contributed by atoms with Gasteiger partial charge >= 0.3 is 0 Å². The number of nitrogens with two attached hydrogens (primary N) is 1. The van der Waals surface area contributed by atoms with Crippen molar-refractivity contribution in [3.8, 4) is 11.8 Å². The zero-order valence-corrected chi connectivity index (χ0v) is 20.4. The van der Waals surface area contributed by atoms with Gasteiger partial charge in [0.05, 0.1) is 24.1 Å². The van der Waals surface area contributed by atoms with Gasteiger partial charge < -0.3 is 15.9 Å². The summed E-state index contributed by atoms with van der Waals surface area (Å²) in [6.45, 7) is 1.85. The Morgan fingerprint density at radius 1 is 1.32 bits per heavy atom. The zero-order chi connectivity index (χ0) is 24.1. The van der Waals surface area contributed by atoms with Crippen molar-refractivity contribution in [2.24, 2.45) is 5.10 Å². The number of hydrogen-bond acceptors (Lipinski definition) is 10. The number of methoxy groups -OCH3 is 1. The fourth-order valence-corrected chi connectivity index (χ4v) is 5.46. The number of fused-ring (bicyclic) bond motifs is 1. The van der Waals surface area contributed by atoms with E-state index in [0.717, 1.165) is 60.0 Å². The second-order valence-electron chi connectivity index (χ2n) is 7.58. The molecule has 176 valence electrons. The van der Waals surface area contributed by atoms with Gasteiger partial charge in [0.15, 0.2) is 0 Å². The number of aromatic nitrogens is 3. The predicted molar refractivity (Wildman–Crippen MR) is 134 cm³/mol. The standard InChI is InChI=1S/C22H24N8O2S2/c1-13(14-7-9-15(32-2)10-8-14)26-27-21-28-29-22(30(21)24)33-12-19(31)25-20-17(11-23)16-5-3-4-6-18(16)34-20/h7-10H,3-6,12,24H2,1-2H3,(H,25,31)(H,27,28)/b26-13+. The SMILES string of the molecule is COc1ccc(/C(C)=N/Nc2nnc(SCC(=O)Nc3sc4c(c3C#N)CCCC4)n2N)cc1. The first kappa shape index (κ1) is 23.6. The molecule has 0 unspecified atom stereocenters. The molecule has 10 nitrogen and oxygen atoms in total. The maximum Gasteiger partial charge on any atom is 0.264 e. The third-order valence-corrected chi connectivity index (χ3v) is 7.51. The third-order valence-electron chi connectivity index (χ3n) is 5.36. The van der Waals surface area contributed by atoms with Gasteiger partial charge in [-0.15, -0.1) is 21.5 Å². The number of nitrogens with zero attached hydrogens (tertiary/aromatic N) is 5. The van der Waals surface area contributed by atoms with Gasteiger partial charge in [0.1, 0.15) is 16.8 Å². The van der Waals surface area contributed by atoms with Crippen molar-refractivity contribution in [1.82, 2.24) is 14.9 Å². The van der Waals surface area contributed by atoms with E-state index in [1.165, 1.54) is 20.9 Å². The number of ether oxygens (including phenoxy) is 1. The van der Waals surface area contributed by atoms with Crippen LogP contribution in [0.15, 0.2) is 34.5 Å². The van der Waals surface area contributed by atoms with Gasteiger partial charge in [-0.25, -0.2) is 10.1 Å². The molecule has 0 fully saturated rings. The van der Waals surface area contributed by atoms with Gasteiger partial charge in [-0.2, -0.15) is 10.4 Å². The number of carbonyl (C=O) groups is 1. The van der Waals surface area contributed by atoms with Crippen molar-refractivity contribution >= 4 is 45.7 Å². The Kier molecular flexibility index (Phi) is 7.34. The van der Waals surface area contributed by atoms with Crippen LogP contribution in [0.2, 0.25) is 0 Å². The maximum absolute atomic E-state index is 12.5. The molecule has 0 atom stereocenters. The van der Waals surface area contributed by atoms with Crippen LogP contribution < -0.4 is 21.3 Å². The monoisotopic (exact) mass is 496 g/mol. The molecular weight excluding hydrogens is 472 g/mol. The van der Waals surface area contributed by atoms with Crippen LogP contribution in [-0.2, 0) is 17.6 Å². The van der Waals surface area contributed by atoms with E-state index in [1.807, 2.05) is 31.2 Å². The molecule has 34 heavy (non-hydrogen) atoms. The van der Waals surface area contributed by atoms with E-state index in [2.05, 4.69) is 32.1 Å². The van der Waals surface area contributed by atoms with Crippen molar-refractivity contribution < 1.29 is 9.53 Å². The lowest BCUT2D eigenvalue weighted by Gasteiger charge is -2.09. The summed E-state index contributed by atoms with van der Waals surface area (Å²) >= 11 is 2.65. The first-order valence-electron chi connectivity index (χ1n) is 10.6. The van der Waals surface area contributed by atoms with Crippen LogP contribution in [-0.4, -0.2) is 39.4 Å². The summed E-state index contributed by atoms with van der Waals surface area (Å²) in [5, 5.41) is 25.7. The highest BCUT2D eigenvalue weighted by atomic mass is 32.2. The molecular formula is C22H24N8O2S2. The van der Waals surface area contributed by atoms with E-state index in [9.17, 15) is 10.1 Å². The summed E-state index contributed by atoms with van der Waals surface area (Å²) in [7, 11) is 1.61. The van der Waals surface area contributed by atoms with Gasteiger partial charge in [0.25, 0.3) is 5.95 Å². The van der Waals surface area contributed by atoms with E-state index in [4.69, 9.17) is 10.6 Å². The Hall–Kier alpha value is -3.56. The Morgan fingerprint density at radius 2 is 2.09 bits per heavy atom. The number of rotatable bonds is 8. The molecule has 1 amide bonds. The molecule has 0 spiro atoms. The second-order valence-corrected chi connectivity index (χ2v) is 9.63. The quantitative estimate of drug-likeness (QED) is 0.186. The number of thioether (sulfide) groups is 1. The number of nitrogens with one attached hydrogen (secondary N) is 2. The smallest absolute Gasteiger partial charge is 0.264 e. The minimum absolute atomic E-state index is 0.0803. The molecule has 1 aliphatic carbocycles. The van der Waals surface area contributed by atoms with Gasteiger partial charge in [-0.3, -0.25) is 4.79 Å². The number of amides is 1. The highest BCUT2D eigenvalue weighted by Gasteiger charge is 2.22. The van der Waals surface area contributed by atoms with Crippen molar-refractivity contribution in [1.29, 1.82) is 5.26 Å². The second kappa shape index (κ2) is 10.6. The van der Waals surface area contributed by atoms with E-state index < -0.39 is 0 Å². The number of anilines is 2. The number of nitrogen functional groups attached to an aromatic ring is 1. The fraction of sp³-hybridized carbons (Fsp3) is 0.318. The lowest BCUT2D eigenvalue weighted by atomic mass is 9.96. The minimum atomic E-state index is -0.231. The summed E-state index contributed by atoms with van der Waals surface area (Å²) in [6, 6.07) is 9.75. The first-order chi connectivity index (χ1) is 16.5. The average molecular weight is 497 g/mol. The van der Waals surface area contributed by atoms with E-state index >= 15 is 0 Å². The number of benzene rings is 1. The Morgan fingerprint density at radius 3 is 2.82 bits per heavy atom. The number of hydrazone groups is 1. The molecule has 3 aromatic rings. The van der Waals surface area contributed by atoms with Crippen molar-refractivity contribution in [3.63, 3.8) is 0 Å². The molecule has 2 aromatic heterocycles. The molecule has 1 aromatic carbocycles. The van der Waals surface area contributed by atoms with Crippen LogP contribution in [0.4, 0.5) is 10.9 Å². The lowest BCUT2D eigenvalue weighted by Crippen LogP contribution is -2.17. The van der Waals surface area contributed by atoms with E-state index in [0.29, 0.717) is 15.7 Å². The molecule has 1 aliphatic rings. The summed E-state index contributed by atoms with van der Waals surface area (Å²) in [6.07, 6.45) is 4.05. The summed E-state index contributed by atoms with van der Waals surface area (Å²) in [5.74, 6) is 6.92. The first-order valence-corrected chi connectivity index (χ1v) is 12.4. The molecule has 4 rings (SSSR count). The molecule has 0 saturated carbocycles. The predicted octanol–water partition coefficient (Wildman–Crippen LogP) is 3.38. The highest BCUT2D eigenvalue weighted by Crippen LogP contribution is 2.37. The fourth-order valence-electron chi connectivity index (χ4n) is 3.55. The van der Waals surface area contributed by atoms with Crippen molar-refractivity contribution in [2.45, 2.75) is 37.8 Å². The molecule has 4 N–H and O–H groups in total. The Bertz CT molecular complexity index is 1260. The number of nitriles is 1. The summed E-state index contributed by atoms with van der Waals surface area (Å²) in [4.78, 5) is 13.7. The molecule has 2 heterocycles. The zero-order valence-electron chi connectivity index (χ0n) is 18.8. The molecule has 0 radical (unpaired) electrons. The molecule has 0 bridgehead atoms. The van der Waals surface area contributed by atoms with Crippen LogP contribution in [0.5, 0.6) is 5.75 Å². The van der Waals surface area contributed by atoms with Gasteiger partial charge in [-0.1, -0.05) is 11.8 Å². The van der Waals surface area contributed by atoms with Crippen LogP contribution in [0.25, 0.3) is 0 Å². The van der Waals surface area contributed by atoms with E-state index in [1.54, 1.807) is 7.11 Å². The molecule has 0 aliphatic heterocycles. The number of carbonyl (C=O) groups excluding carboxylic acids is 1. The van der Waals surface area contributed by atoms with E-state index in [-0.39, 0.29) is 17.6 Å². The Balaban J connectivity index is 1.35. The largest absolute Gasteiger partial charge is 0.497 e. The topological polar surface area (TPSA) is 143 Å². The van der Waals surface area contributed by atoms with Gasteiger partial charge in [0.2, 0.25) is 11.1 Å². The summed E-state index contributed by atoms with van der Waals surface area (Å²) < 4.78 is 6.41. The number of thiophene rings is 1. The Labute approximate surface area is 205 Å². The molecule has 0 saturated heterocycles. The normalized spacial score (nSPS) is 13.1. The van der Waals surface area contributed by atoms with Crippen molar-refractivity contribution in [3.05, 3.63) is 45.8 Å². The minimum Gasteiger partial charge on any atom is -0.497 e. The number of aryl methyl sites for hydroxylation is 1. The number of hydrogen-bond donors (Lipinski definition) is 3. The van der Waals surface area contributed by atoms with Gasteiger partial charge in [0, 0.05) is 4.88 Å². The maximum atomic E-state index is 12.5. The highest BCUT2D eigenvalue weighted by molar-refractivity contribution is 7.99. The van der Waals surface area contributed by atoms with Crippen molar-refractivity contribution in [2.75, 3.05) is 29.4 Å². The third kappa shape index (κ3) is 5.16. The molecule has 12 heteroatoms.